The Hall–Kier alpha value is -3.87. The molecule has 0 spiro atoms. The van der Waals surface area contributed by atoms with Gasteiger partial charge in [0.05, 0.1) is 25.5 Å². The van der Waals surface area contributed by atoms with E-state index in [-0.39, 0.29) is 17.1 Å². The lowest BCUT2D eigenvalue weighted by Gasteiger charge is -2.12. The van der Waals surface area contributed by atoms with Crippen molar-refractivity contribution in [3.63, 3.8) is 0 Å². The normalized spacial score (nSPS) is 10.8. The van der Waals surface area contributed by atoms with Gasteiger partial charge in [0, 0.05) is 19.7 Å². The number of rotatable bonds is 6. The first-order valence-corrected chi connectivity index (χ1v) is 9.17. The molecule has 0 aliphatic rings. The maximum Gasteiger partial charge on any atom is 0.348 e. The monoisotopic (exact) mass is 406 g/mol. The minimum atomic E-state index is -0.538. The molecule has 0 unspecified atom stereocenters. The molecule has 0 aliphatic carbocycles. The van der Waals surface area contributed by atoms with Gasteiger partial charge in [0.15, 0.2) is 0 Å². The molecule has 1 heterocycles. The third-order valence-corrected chi connectivity index (χ3v) is 4.39. The van der Waals surface area contributed by atoms with Crippen molar-refractivity contribution in [1.29, 1.82) is 0 Å². The fourth-order valence-electron chi connectivity index (χ4n) is 2.92. The first-order valence-electron chi connectivity index (χ1n) is 9.17. The number of methoxy groups -OCH3 is 2. The first-order chi connectivity index (χ1) is 14.5. The molecule has 0 fully saturated rings. The molecule has 30 heavy (non-hydrogen) atoms. The summed E-state index contributed by atoms with van der Waals surface area (Å²) in [6.45, 7) is 0. The van der Waals surface area contributed by atoms with E-state index in [0.717, 1.165) is 5.56 Å². The molecule has 1 aromatic heterocycles. The van der Waals surface area contributed by atoms with Gasteiger partial charge < -0.3 is 18.8 Å². The average molecular weight is 406 g/mol. The van der Waals surface area contributed by atoms with Crippen LogP contribution in [0.4, 0.5) is 6.01 Å². The third-order valence-electron chi connectivity index (χ3n) is 4.39. The molecule has 154 valence electrons. The highest BCUT2D eigenvalue weighted by Gasteiger charge is 2.18. The molecular weight excluding hydrogens is 384 g/mol. The molecule has 0 saturated carbocycles. The summed E-state index contributed by atoms with van der Waals surface area (Å²) in [6.07, 6.45) is 3.23. The molecule has 0 aliphatic heterocycles. The van der Waals surface area contributed by atoms with Crippen molar-refractivity contribution in [1.82, 2.24) is 4.98 Å². The van der Waals surface area contributed by atoms with Crippen molar-refractivity contribution < 1.29 is 18.7 Å². The summed E-state index contributed by atoms with van der Waals surface area (Å²) >= 11 is 0. The van der Waals surface area contributed by atoms with Gasteiger partial charge in [0.1, 0.15) is 11.3 Å². The molecule has 0 saturated heterocycles. The molecule has 0 radical (unpaired) electrons. The van der Waals surface area contributed by atoms with Gasteiger partial charge in [0.2, 0.25) is 0 Å². The van der Waals surface area contributed by atoms with E-state index in [1.807, 2.05) is 30.3 Å². The minimum Gasteiger partial charge on any atom is -0.496 e. The molecule has 3 rings (SSSR count). The van der Waals surface area contributed by atoms with Crippen LogP contribution in [0, 0.1) is 0 Å². The van der Waals surface area contributed by atoms with Gasteiger partial charge in [-0.1, -0.05) is 48.5 Å². The van der Waals surface area contributed by atoms with Crippen LogP contribution in [-0.4, -0.2) is 39.3 Å². The minimum absolute atomic E-state index is 0.202. The van der Waals surface area contributed by atoms with Crippen molar-refractivity contribution >= 4 is 24.1 Å². The van der Waals surface area contributed by atoms with E-state index in [4.69, 9.17) is 13.9 Å². The Kier molecular flexibility index (Phi) is 6.32. The van der Waals surface area contributed by atoms with Gasteiger partial charge in [-0.25, -0.2) is 9.59 Å². The maximum atomic E-state index is 12.8. The Labute approximate surface area is 174 Å². The lowest BCUT2D eigenvalue weighted by atomic mass is 10.0. The van der Waals surface area contributed by atoms with Gasteiger partial charge in [-0.05, 0) is 17.7 Å². The Morgan fingerprint density at radius 3 is 2.40 bits per heavy atom. The fourth-order valence-corrected chi connectivity index (χ4v) is 2.92. The first kappa shape index (κ1) is 20.9. The zero-order valence-electron chi connectivity index (χ0n) is 17.2. The number of carbonyl (C=O) groups excluding carboxylic acids is 1. The Morgan fingerprint density at radius 1 is 1.03 bits per heavy atom. The molecule has 0 atom stereocenters. The van der Waals surface area contributed by atoms with E-state index in [1.165, 1.54) is 14.2 Å². The zero-order chi connectivity index (χ0) is 21.7. The number of aromatic nitrogens is 1. The Bertz CT molecular complexity index is 1130. The van der Waals surface area contributed by atoms with Gasteiger partial charge in [-0.15, -0.1) is 0 Å². The lowest BCUT2D eigenvalue weighted by molar-refractivity contribution is 0.0597. The van der Waals surface area contributed by atoms with Crippen LogP contribution in [0.5, 0.6) is 5.75 Å². The summed E-state index contributed by atoms with van der Waals surface area (Å²) in [4.78, 5) is 31.2. The van der Waals surface area contributed by atoms with Gasteiger partial charge in [0.25, 0.3) is 6.01 Å². The molecule has 0 bridgehead atoms. The lowest BCUT2D eigenvalue weighted by Crippen LogP contribution is -2.17. The molecular formula is C23H22N2O5. The van der Waals surface area contributed by atoms with Crippen molar-refractivity contribution in [2.75, 3.05) is 33.2 Å². The summed E-state index contributed by atoms with van der Waals surface area (Å²) in [5, 5.41) is 0. The molecule has 3 aromatic rings. The van der Waals surface area contributed by atoms with Crippen molar-refractivity contribution in [2.24, 2.45) is 0 Å². The average Bonchev–Trinajstić information content (AvgIpc) is 2.77. The summed E-state index contributed by atoms with van der Waals surface area (Å²) in [5.41, 5.74) is 1.79. The number of hydrogen-bond acceptors (Lipinski definition) is 7. The summed E-state index contributed by atoms with van der Waals surface area (Å²) in [5.74, 6) is -0.163. The topological polar surface area (TPSA) is 81.9 Å². The SMILES string of the molecule is COC(=O)c1c(C=Cc2c(-c3ccccc3)nc(N(C)C)oc2=O)cccc1OC. The van der Waals surface area contributed by atoms with Gasteiger partial charge >= 0.3 is 11.6 Å². The number of hydrogen-bond donors (Lipinski definition) is 0. The Morgan fingerprint density at radius 2 is 1.77 bits per heavy atom. The second-order valence-corrected chi connectivity index (χ2v) is 6.56. The van der Waals surface area contributed by atoms with Crippen LogP contribution < -0.4 is 15.3 Å². The highest BCUT2D eigenvalue weighted by Crippen LogP contribution is 2.27. The second kappa shape index (κ2) is 9.09. The van der Waals surface area contributed by atoms with Crippen LogP contribution >= 0.6 is 0 Å². The molecule has 2 aromatic carbocycles. The molecule has 7 nitrogen and oxygen atoms in total. The second-order valence-electron chi connectivity index (χ2n) is 6.56. The predicted octanol–water partition coefficient (Wildman–Crippen LogP) is 3.73. The predicted molar refractivity (Wildman–Crippen MR) is 116 cm³/mol. The maximum absolute atomic E-state index is 12.8. The quantitative estimate of drug-likeness (QED) is 0.577. The Balaban J connectivity index is 2.18. The van der Waals surface area contributed by atoms with Crippen molar-refractivity contribution in [3.8, 4) is 17.0 Å². The largest absolute Gasteiger partial charge is 0.496 e. The summed E-state index contributed by atoms with van der Waals surface area (Å²) in [6, 6.07) is 14.7. The van der Waals surface area contributed by atoms with Crippen LogP contribution in [0.1, 0.15) is 21.5 Å². The van der Waals surface area contributed by atoms with E-state index in [0.29, 0.717) is 17.0 Å². The van der Waals surface area contributed by atoms with Crippen LogP contribution in [-0.2, 0) is 4.74 Å². The highest BCUT2D eigenvalue weighted by molar-refractivity contribution is 5.98. The van der Waals surface area contributed by atoms with E-state index in [9.17, 15) is 9.59 Å². The van der Waals surface area contributed by atoms with E-state index in [2.05, 4.69) is 4.98 Å². The molecule has 0 N–H and O–H groups in total. The summed E-state index contributed by atoms with van der Waals surface area (Å²) in [7, 11) is 6.26. The zero-order valence-corrected chi connectivity index (χ0v) is 17.2. The van der Waals surface area contributed by atoms with Gasteiger partial charge in [-0.3, -0.25) is 0 Å². The van der Waals surface area contributed by atoms with Crippen LogP contribution in [0.3, 0.4) is 0 Å². The molecule has 7 heteroatoms. The highest BCUT2D eigenvalue weighted by atomic mass is 16.5. The number of esters is 1. The number of carbonyl (C=O) groups is 1. The fraction of sp³-hybridized carbons (Fsp3) is 0.174. The van der Waals surface area contributed by atoms with E-state index < -0.39 is 11.6 Å². The van der Waals surface area contributed by atoms with E-state index in [1.54, 1.807) is 49.3 Å². The number of nitrogens with zero attached hydrogens (tertiary/aromatic N) is 2. The van der Waals surface area contributed by atoms with Gasteiger partial charge in [-0.2, -0.15) is 4.98 Å². The summed E-state index contributed by atoms with van der Waals surface area (Å²) < 4.78 is 15.5. The van der Waals surface area contributed by atoms with E-state index >= 15 is 0 Å². The van der Waals surface area contributed by atoms with Crippen LogP contribution in [0.25, 0.3) is 23.4 Å². The number of ether oxygens (including phenoxy) is 2. The smallest absolute Gasteiger partial charge is 0.348 e. The van der Waals surface area contributed by atoms with Crippen LogP contribution in [0.2, 0.25) is 0 Å². The standard InChI is InChI=1S/C23H22N2O5/c1-25(2)23-24-20(16-9-6-5-7-10-16)17(21(26)30-23)14-13-15-11-8-12-18(28-3)19(15)22(27)29-4/h5-14H,1-4H3. The van der Waals surface area contributed by atoms with Crippen LogP contribution in [0.15, 0.2) is 57.7 Å². The molecule has 0 amide bonds. The van der Waals surface area contributed by atoms with Crippen molar-refractivity contribution in [3.05, 3.63) is 75.6 Å². The number of benzene rings is 2. The van der Waals surface area contributed by atoms with Crippen molar-refractivity contribution in [2.45, 2.75) is 0 Å². The number of anilines is 1. The third kappa shape index (κ3) is 4.25.